The predicted octanol–water partition coefficient (Wildman–Crippen LogP) is 1.52. The van der Waals surface area contributed by atoms with E-state index in [1.54, 1.807) is 19.9 Å². The van der Waals surface area contributed by atoms with Crippen LogP contribution in [0.3, 0.4) is 0 Å². The van der Waals surface area contributed by atoms with Crippen molar-refractivity contribution in [2.45, 2.75) is 20.3 Å². The second-order valence-corrected chi connectivity index (χ2v) is 5.77. The van der Waals surface area contributed by atoms with Crippen molar-refractivity contribution in [2.24, 2.45) is 5.92 Å². The molecule has 8 heteroatoms. The van der Waals surface area contributed by atoms with E-state index in [1.807, 2.05) is 0 Å². The van der Waals surface area contributed by atoms with E-state index in [4.69, 9.17) is 5.11 Å². The molecule has 7 nitrogen and oxygen atoms in total. The number of carboxylic acid groups (broad SMARTS) is 1. The minimum atomic E-state index is -0.975. The molecule has 0 radical (unpaired) electrons. The summed E-state index contributed by atoms with van der Waals surface area (Å²) in [4.78, 5) is 34.9. The third kappa shape index (κ3) is 4.50. The van der Waals surface area contributed by atoms with Crippen LogP contribution in [0.5, 0.6) is 0 Å². The van der Waals surface area contributed by atoms with Crippen LogP contribution >= 0.6 is 0 Å². The van der Waals surface area contributed by atoms with Gasteiger partial charge in [0.05, 0.1) is 0 Å². The topological polar surface area (TPSA) is 101 Å². The summed E-state index contributed by atoms with van der Waals surface area (Å²) in [7, 11) is 0. The molecule has 1 amide bonds. The van der Waals surface area contributed by atoms with Gasteiger partial charge in [-0.25, -0.2) is 9.07 Å². The quantitative estimate of drug-likeness (QED) is 0.825. The number of carbonyl (C=O) groups excluding carboxylic acids is 1. The molecule has 1 aromatic carbocycles. The predicted molar refractivity (Wildman–Crippen MR) is 88.3 cm³/mol. The number of aromatic nitrogens is 2. The third-order valence-electron chi connectivity index (χ3n) is 3.54. The molecule has 2 aromatic rings. The Bertz CT molecular complexity index is 863. The molecule has 1 atom stereocenters. The minimum Gasteiger partial charge on any atom is -0.481 e. The van der Waals surface area contributed by atoms with Crippen LogP contribution in [0.25, 0.3) is 5.69 Å². The zero-order chi connectivity index (χ0) is 18.6. The number of nitrogens with zero attached hydrogens (tertiary/aromatic N) is 2. The molecule has 1 aromatic heterocycles. The standard InChI is InChI=1S/C17H18FN3O4/c1-10(7-15(23)24)9-19-17(25)16-14(22)8-11(2)21(20-16)13-6-4-3-5-12(13)18/h3-6,8,10H,7,9H2,1-2H3,(H,19,25)(H,23,24). The van der Waals surface area contributed by atoms with Crippen LogP contribution in [0.4, 0.5) is 4.39 Å². The molecule has 2 rings (SSSR count). The SMILES string of the molecule is Cc1cc(=O)c(C(=O)NCC(C)CC(=O)O)nn1-c1ccccc1F. The van der Waals surface area contributed by atoms with Gasteiger partial charge in [0.25, 0.3) is 5.91 Å². The van der Waals surface area contributed by atoms with E-state index in [9.17, 15) is 18.8 Å². The Morgan fingerprint density at radius 2 is 2.04 bits per heavy atom. The highest BCUT2D eigenvalue weighted by molar-refractivity contribution is 5.92. The molecule has 0 saturated heterocycles. The maximum atomic E-state index is 14.0. The van der Waals surface area contributed by atoms with Gasteiger partial charge in [0.1, 0.15) is 11.5 Å². The first kappa shape index (κ1) is 18.3. The number of para-hydroxylation sites is 1. The third-order valence-corrected chi connectivity index (χ3v) is 3.54. The zero-order valence-corrected chi connectivity index (χ0v) is 13.8. The lowest BCUT2D eigenvalue weighted by Gasteiger charge is -2.13. The molecule has 0 saturated carbocycles. The molecule has 0 spiro atoms. The Labute approximate surface area is 143 Å². The molecule has 0 bridgehead atoms. The van der Waals surface area contributed by atoms with Crippen molar-refractivity contribution in [3.63, 3.8) is 0 Å². The van der Waals surface area contributed by atoms with Gasteiger partial charge in [0, 0.05) is 24.7 Å². The van der Waals surface area contributed by atoms with E-state index in [1.165, 1.54) is 28.9 Å². The number of carboxylic acids is 1. The van der Waals surface area contributed by atoms with Gasteiger partial charge in [-0.05, 0) is 25.0 Å². The minimum absolute atomic E-state index is 0.0832. The van der Waals surface area contributed by atoms with Gasteiger partial charge in [-0.2, -0.15) is 5.10 Å². The molecule has 25 heavy (non-hydrogen) atoms. The number of rotatable bonds is 6. The summed E-state index contributed by atoms with van der Waals surface area (Å²) in [6, 6.07) is 7.08. The van der Waals surface area contributed by atoms with Crippen molar-refractivity contribution in [2.75, 3.05) is 6.54 Å². The fourth-order valence-electron chi connectivity index (χ4n) is 2.29. The second-order valence-electron chi connectivity index (χ2n) is 5.77. The molecule has 0 aliphatic heterocycles. The number of aryl methyl sites for hydroxylation is 1. The lowest BCUT2D eigenvalue weighted by atomic mass is 10.1. The van der Waals surface area contributed by atoms with Crippen LogP contribution in [0.2, 0.25) is 0 Å². The number of nitrogens with one attached hydrogen (secondary N) is 1. The van der Waals surface area contributed by atoms with Crippen LogP contribution in [0.15, 0.2) is 35.1 Å². The highest BCUT2D eigenvalue weighted by Gasteiger charge is 2.17. The normalized spacial score (nSPS) is 11.8. The van der Waals surface area contributed by atoms with Crippen LogP contribution in [-0.4, -0.2) is 33.3 Å². The molecular formula is C17H18FN3O4. The number of halogens is 1. The monoisotopic (exact) mass is 347 g/mol. The number of carbonyl (C=O) groups is 2. The molecular weight excluding hydrogens is 329 g/mol. The Balaban J connectivity index is 2.28. The van der Waals surface area contributed by atoms with Crippen LogP contribution in [0.1, 0.15) is 29.5 Å². The molecule has 0 aliphatic rings. The lowest BCUT2D eigenvalue weighted by Crippen LogP contribution is -2.34. The highest BCUT2D eigenvalue weighted by atomic mass is 19.1. The molecule has 0 fully saturated rings. The van der Waals surface area contributed by atoms with E-state index in [0.717, 1.165) is 0 Å². The summed E-state index contributed by atoms with van der Waals surface area (Å²) in [6.45, 7) is 3.33. The summed E-state index contributed by atoms with van der Waals surface area (Å²) in [6.07, 6.45) is -0.110. The molecule has 0 aliphatic carbocycles. The largest absolute Gasteiger partial charge is 0.481 e. The fourth-order valence-corrected chi connectivity index (χ4v) is 2.29. The van der Waals surface area contributed by atoms with E-state index in [2.05, 4.69) is 10.4 Å². The van der Waals surface area contributed by atoms with Gasteiger partial charge >= 0.3 is 5.97 Å². The van der Waals surface area contributed by atoms with E-state index >= 15 is 0 Å². The van der Waals surface area contributed by atoms with Crippen molar-refractivity contribution in [3.05, 3.63) is 57.8 Å². The highest BCUT2D eigenvalue weighted by Crippen LogP contribution is 2.13. The van der Waals surface area contributed by atoms with E-state index in [-0.39, 0.29) is 30.3 Å². The fraction of sp³-hybridized carbons (Fsp3) is 0.294. The first-order chi connectivity index (χ1) is 11.8. The maximum absolute atomic E-state index is 14.0. The van der Waals surface area contributed by atoms with Crippen molar-refractivity contribution in [1.82, 2.24) is 15.1 Å². The summed E-state index contributed by atoms with van der Waals surface area (Å²) in [5.74, 6) is -2.55. The van der Waals surface area contributed by atoms with Crippen molar-refractivity contribution in [1.29, 1.82) is 0 Å². The summed E-state index contributed by atoms with van der Waals surface area (Å²) >= 11 is 0. The smallest absolute Gasteiger partial charge is 0.303 e. The number of benzene rings is 1. The zero-order valence-electron chi connectivity index (χ0n) is 13.8. The Morgan fingerprint density at radius 3 is 2.68 bits per heavy atom. The van der Waals surface area contributed by atoms with Crippen molar-refractivity contribution >= 4 is 11.9 Å². The van der Waals surface area contributed by atoms with Crippen LogP contribution in [-0.2, 0) is 4.79 Å². The molecule has 132 valence electrons. The number of amides is 1. The second kappa shape index (κ2) is 7.69. The van der Waals surface area contributed by atoms with Gasteiger partial charge in [-0.3, -0.25) is 14.4 Å². The lowest BCUT2D eigenvalue weighted by molar-refractivity contribution is -0.137. The Kier molecular flexibility index (Phi) is 5.63. The Hall–Kier alpha value is -3.03. The first-order valence-electron chi connectivity index (χ1n) is 7.65. The number of hydrogen-bond acceptors (Lipinski definition) is 4. The van der Waals surface area contributed by atoms with E-state index in [0.29, 0.717) is 5.69 Å². The first-order valence-corrected chi connectivity index (χ1v) is 7.65. The maximum Gasteiger partial charge on any atom is 0.303 e. The van der Waals surface area contributed by atoms with Crippen LogP contribution in [0, 0.1) is 18.7 Å². The van der Waals surface area contributed by atoms with Gasteiger partial charge < -0.3 is 10.4 Å². The van der Waals surface area contributed by atoms with E-state index < -0.39 is 23.1 Å². The summed E-state index contributed by atoms with van der Waals surface area (Å²) in [5, 5.41) is 15.2. The van der Waals surface area contributed by atoms with Crippen molar-refractivity contribution in [3.8, 4) is 5.69 Å². The van der Waals surface area contributed by atoms with Crippen molar-refractivity contribution < 1.29 is 19.1 Å². The summed E-state index contributed by atoms with van der Waals surface area (Å²) < 4.78 is 15.2. The number of aliphatic carboxylic acids is 1. The molecule has 1 unspecified atom stereocenters. The van der Waals surface area contributed by atoms with Crippen LogP contribution < -0.4 is 10.7 Å². The van der Waals surface area contributed by atoms with Gasteiger partial charge in [-0.1, -0.05) is 19.1 Å². The van der Waals surface area contributed by atoms with Gasteiger partial charge in [0.2, 0.25) is 5.43 Å². The molecule has 1 heterocycles. The summed E-state index contributed by atoms with van der Waals surface area (Å²) in [5.41, 5.74) is -0.468. The Morgan fingerprint density at radius 1 is 1.36 bits per heavy atom. The number of hydrogen-bond donors (Lipinski definition) is 2. The van der Waals surface area contributed by atoms with Gasteiger partial charge in [-0.15, -0.1) is 0 Å². The average molecular weight is 347 g/mol. The average Bonchev–Trinajstić information content (AvgIpc) is 2.53. The molecule has 2 N–H and O–H groups in total. The van der Waals surface area contributed by atoms with Gasteiger partial charge in [0.15, 0.2) is 5.69 Å².